The van der Waals surface area contributed by atoms with E-state index in [9.17, 15) is 19.7 Å². The van der Waals surface area contributed by atoms with Gasteiger partial charge in [-0.05, 0) is 5.56 Å². The minimum absolute atomic E-state index is 0.00163. The molecule has 1 aliphatic heterocycles. The van der Waals surface area contributed by atoms with Gasteiger partial charge in [0.25, 0.3) is 10.3 Å². The predicted octanol–water partition coefficient (Wildman–Crippen LogP) is 0.877. The van der Waals surface area contributed by atoms with E-state index in [1.807, 2.05) is 30.3 Å². The molecule has 0 radical (unpaired) electrons. The summed E-state index contributed by atoms with van der Waals surface area (Å²) < 4.78 is 0. The fourth-order valence-electron chi connectivity index (χ4n) is 1.93. The van der Waals surface area contributed by atoms with Crippen molar-refractivity contribution in [1.82, 2.24) is 10.6 Å². The third-order valence-electron chi connectivity index (χ3n) is 2.82. The molecule has 2 rings (SSSR count). The van der Waals surface area contributed by atoms with Gasteiger partial charge in [-0.2, -0.15) is 0 Å². The van der Waals surface area contributed by atoms with Crippen LogP contribution in [-0.4, -0.2) is 35.4 Å². The number of carbonyl (C=O) groups excluding carboxylic acids is 2. The summed E-state index contributed by atoms with van der Waals surface area (Å²) >= 11 is 1.05. The van der Waals surface area contributed by atoms with Crippen LogP contribution < -0.4 is 10.6 Å². The molecule has 9 heteroatoms. The van der Waals surface area contributed by atoms with E-state index in [0.29, 0.717) is 0 Å². The highest BCUT2D eigenvalue weighted by molar-refractivity contribution is 8.14. The van der Waals surface area contributed by atoms with Gasteiger partial charge in [-0.25, -0.2) is 0 Å². The molecule has 0 unspecified atom stereocenters. The lowest BCUT2D eigenvalue weighted by molar-refractivity contribution is -0.757. The second-order valence-electron chi connectivity index (χ2n) is 4.21. The van der Waals surface area contributed by atoms with Crippen molar-refractivity contribution in [1.29, 1.82) is 0 Å². The van der Waals surface area contributed by atoms with Gasteiger partial charge >= 0.3 is 0 Å². The molecule has 0 aliphatic carbocycles. The van der Waals surface area contributed by atoms with Crippen LogP contribution in [0.2, 0.25) is 0 Å². The zero-order chi connectivity index (χ0) is 15.2. The maximum atomic E-state index is 12.1. The summed E-state index contributed by atoms with van der Waals surface area (Å²) in [5.74, 6) is -0.394. The fourth-order valence-corrected chi connectivity index (χ4v) is 2.98. The van der Waals surface area contributed by atoms with Crippen LogP contribution in [0, 0.1) is 10.1 Å². The Morgan fingerprint density at radius 2 is 2.14 bits per heavy atom. The molecule has 112 valence electrons. The lowest BCUT2D eigenvalue weighted by atomic mass is 10.0. The molecule has 0 spiro atoms. The molecular weight excluding hydrogens is 298 g/mol. The number of amides is 2. The van der Waals surface area contributed by atoms with E-state index in [-0.39, 0.29) is 23.6 Å². The standard InChI is InChI=1S/C12H13N3O5S/c16-11(13-6-7-20-15(18)19)9-10(21-12(17)14-9)8-4-2-1-3-5-8/h1-5,9-10H,6-7H2,(H,13,16)(H,14,17)/t9-,10+/m0/s1. The molecule has 0 saturated carbocycles. The molecule has 1 aliphatic rings. The van der Waals surface area contributed by atoms with Crippen LogP contribution in [0.3, 0.4) is 0 Å². The summed E-state index contributed by atoms with van der Waals surface area (Å²) in [4.78, 5) is 37.7. The van der Waals surface area contributed by atoms with Crippen LogP contribution in [0.1, 0.15) is 10.8 Å². The van der Waals surface area contributed by atoms with Crippen LogP contribution in [0.25, 0.3) is 0 Å². The van der Waals surface area contributed by atoms with Gasteiger partial charge in [0, 0.05) is 6.54 Å². The third kappa shape index (κ3) is 4.09. The number of hydrogen-bond acceptors (Lipinski definition) is 6. The normalized spacial score (nSPS) is 20.7. The number of carbonyl (C=O) groups is 2. The van der Waals surface area contributed by atoms with E-state index >= 15 is 0 Å². The van der Waals surface area contributed by atoms with E-state index in [1.165, 1.54) is 0 Å². The molecule has 1 aromatic carbocycles. The first-order valence-corrected chi connectivity index (χ1v) is 7.03. The van der Waals surface area contributed by atoms with Crippen LogP contribution in [0.15, 0.2) is 30.3 Å². The van der Waals surface area contributed by atoms with Crippen LogP contribution in [0.4, 0.5) is 4.79 Å². The van der Waals surface area contributed by atoms with Gasteiger partial charge in [-0.15, -0.1) is 10.1 Å². The van der Waals surface area contributed by atoms with Gasteiger partial charge in [-0.1, -0.05) is 42.1 Å². The molecule has 1 heterocycles. The number of nitrogens with one attached hydrogen (secondary N) is 2. The molecule has 2 atom stereocenters. The molecule has 0 aromatic heterocycles. The Labute approximate surface area is 124 Å². The zero-order valence-electron chi connectivity index (χ0n) is 10.9. The maximum Gasteiger partial charge on any atom is 0.294 e. The SMILES string of the molecule is O=C1N[C@H](C(=O)NCCO[N+](=O)[O-])[C@@H](c2ccccc2)S1. The Morgan fingerprint density at radius 1 is 1.43 bits per heavy atom. The van der Waals surface area contributed by atoms with Gasteiger partial charge < -0.3 is 15.5 Å². The molecule has 21 heavy (non-hydrogen) atoms. The summed E-state index contributed by atoms with van der Waals surface area (Å²) in [6, 6.07) is 8.49. The first-order valence-electron chi connectivity index (χ1n) is 6.15. The van der Waals surface area contributed by atoms with Gasteiger partial charge in [0.1, 0.15) is 12.6 Å². The van der Waals surface area contributed by atoms with E-state index in [1.54, 1.807) is 0 Å². The van der Waals surface area contributed by atoms with Crippen LogP contribution >= 0.6 is 11.8 Å². The van der Waals surface area contributed by atoms with Crippen molar-refractivity contribution < 1.29 is 19.5 Å². The first kappa shape index (κ1) is 15.1. The second-order valence-corrected chi connectivity index (χ2v) is 5.32. The first-order chi connectivity index (χ1) is 10.1. The Bertz CT molecular complexity index is 539. The van der Waals surface area contributed by atoms with Crippen molar-refractivity contribution in [2.45, 2.75) is 11.3 Å². The quantitative estimate of drug-likeness (QED) is 0.458. The Hall–Kier alpha value is -2.29. The summed E-state index contributed by atoms with van der Waals surface area (Å²) in [6.07, 6.45) is 0. The molecular formula is C12H13N3O5S. The molecule has 0 bridgehead atoms. The Balaban J connectivity index is 1.95. The third-order valence-corrected chi connectivity index (χ3v) is 3.95. The summed E-state index contributed by atoms with van der Waals surface area (Å²) in [6.45, 7) is -0.235. The summed E-state index contributed by atoms with van der Waals surface area (Å²) in [5.41, 5.74) is 0.863. The van der Waals surface area contributed by atoms with Gasteiger partial charge in [0.2, 0.25) is 5.91 Å². The monoisotopic (exact) mass is 311 g/mol. The summed E-state index contributed by atoms with van der Waals surface area (Å²) in [5, 5.41) is 13.6. The average molecular weight is 311 g/mol. The second kappa shape index (κ2) is 6.93. The smallest absolute Gasteiger partial charge is 0.294 e. The van der Waals surface area contributed by atoms with Crippen molar-refractivity contribution in [3.05, 3.63) is 46.0 Å². The highest BCUT2D eigenvalue weighted by Gasteiger charge is 2.39. The zero-order valence-corrected chi connectivity index (χ0v) is 11.7. The lowest BCUT2D eigenvalue weighted by Crippen LogP contribution is -2.44. The number of rotatable bonds is 6. The predicted molar refractivity (Wildman–Crippen MR) is 75.0 cm³/mol. The van der Waals surface area contributed by atoms with Crippen molar-refractivity contribution >= 4 is 22.9 Å². The molecule has 2 N–H and O–H groups in total. The van der Waals surface area contributed by atoms with Crippen LogP contribution in [-0.2, 0) is 9.63 Å². The van der Waals surface area contributed by atoms with Crippen LogP contribution in [0.5, 0.6) is 0 Å². The maximum absolute atomic E-state index is 12.1. The molecule has 8 nitrogen and oxygen atoms in total. The molecule has 1 fully saturated rings. The molecule has 1 aromatic rings. The summed E-state index contributed by atoms with van der Waals surface area (Å²) in [7, 11) is 0. The van der Waals surface area contributed by atoms with E-state index in [4.69, 9.17) is 0 Å². The van der Waals surface area contributed by atoms with Gasteiger partial charge in [0.05, 0.1) is 5.25 Å². The Kier molecular flexibility index (Phi) is 4.99. The topological polar surface area (TPSA) is 111 Å². The van der Waals surface area contributed by atoms with Crippen molar-refractivity contribution in [2.24, 2.45) is 0 Å². The van der Waals surface area contributed by atoms with Crippen molar-refractivity contribution in [3.63, 3.8) is 0 Å². The Morgan fingerprint density at radius 3 is 2.81 bits per heavy atom. The van der Waals surface area contributed by atoms with Crippen molar-refractivity contribution in [3.8, 4) is 0 Å². The average Bonchev–Trinajstić information content (AvgIpc) is 2.86. The van der Waals surface area contributed by atoms with E-state index in [0.717, 1.165) is 17.3 Å². The highest BCUT2D eigenvalue weighted by atomic mass is 32.2. The largest absolute Gasteiger partial charge is 0.352 e. The van der Waals surface area contributed by atoms with E-state index < -0.39 is 17.0 Å². The molecule has 2 amide bonds. The van der Waals surface area contributed by atoms with E-state index in [2.05, 4.69) is 15.5 Å². The molecule has 1 saturated heterocycles. The van der Waals surface area contributed by atoms with Gasteiger partial charge in [0.15, 0.2) is 0 Å². The minimum Gasteiger partial charge on any atom is -0.352 e. The number of nitrogens with zero attached hydrogens (tertiary/aromatic N) is 1. The highest BCUT2D eigenvalue weighted by Crippen LogP contribution is 2.37. The van der Waals surface area contributed by atoms with Crippen molar-refractivity contribution in [2.75, 3.05) is 13.2 Å². The van der Waals surface area contributed by atoms with Gasteiger partial charge in [-0.3, -0.25) is 9.59 Å². The fraction of sp³-hybridized carbons (Fsp3) is 0.333. The number of thioether (sulfide) groups is 1. The minimum atomic E-state index is -0.924. The lowest BCUT2D eigenvalue weighted by Gasteiger charge is -2.17. The number of hydrogen-bond donors (Lipinski definition) is 2. The number of benzene rings is 1.